The average molecular weight is 229 g/mol. The molecule has 92 valence electrons. The summed E-state index contributed by atoms with van der Waals surface area (Å²) in [5.41, 5.74) is 3.07. The number of hydrogen-bond donors (Lipinski definition) is 0. The van der Waals surface area contributed by atoms with E-state index in [4.69, 9.17) is 0 Å². The van der Waals surface area contributed by atoms with Crippen LogP contribution in [-0.2, 0) is 6.54 Å². The van der Waals surface area contributed by atoms with Gasteiger partial charge in [0.2, 0.25) is 0 Å². The molecular formula is C16H23N. The fraction of sp³-hybridized carbons (Fsp3) is 0.500. The maximum atomic E-state index is 2.48. The molecule has 0 N–H and O–H groups in total. The topological polar surface area (TPSA) is 3.24 Å². The molecule has 1 aromatic carbocycles. The van der Waals surface area contributed by atoms with Crippen LogP contribution in [0.3, 0.4) is 0 Å². The lowest BCUT2D eigenvalue weighted by Gasteiger charge is -2.17. The molecule has 0 radical (unpaired) electrons. The van der Waals surface area contributed by atoms with Crippen molar-refractivity contribution in [3.63, 3.8) is 0 Å². The third-order valence-electron chi connectivity index (χ3n) is 3.59. The molecule has 1 nitrogen and oxygen atoms in total. The van der Waals surface area contributed by atoms with Crippen LogP contribution in [0.15, 0.2) is 42.1 Å². The molecule has 0 aliphatic carbocycles. The summed E-state index contributed by atoms with van der Waals surface area (Å²) < 4.78 is 0. The molecule has 0 spiro atoms. The summed E-state index contributed by atoms with van der Waals surface area (Å²) in [7, 11) is 0. The van der Waals surface area contributed by atoms with Crippen LogP contribution in [0.5, 0.6) is 0 Å². The van der Waals surface area contributed by atoms with Crippen LogP contribution in [0.4, 0.5) is 0 Å². The molecule has 1 aliphatic heterocycles. The van der Waals surface area contributed by atoms with Gasteiger partial charge in [-0.15, -0.1) is 0 Å². The molecule has 0 fully saturated rings. The molecule has 1 unspecified atom stereocenters. The Balaban J connectivity index is 2.00. The number of benzene rings is 1. The second-order valence-electron chi connectivity index (χ2n) is 4.97. The van der Waals surface area contributed by atoms with Crippen molar-refractivity contribution in [2.75, 3.05) is 6.54 Å². The fourth-order valence-electron chi connectivity index (χ4n) is 2.67. The summed E-state index contributed by atoms with van der Waals surface area (Å²) in [6.07, 6.45) is 6.22. The third kappa shape index (κ3) is 3.12. The van der Waals surface area contributed by atoms with Crippen molar-refractivity contribution in [2.45, 2.75) is 39.7 Å². The van der Waals surface area contributed by atoms with Gasteiger partial charge in [-0.25, -0.2) is 0 Å². The minimum atomic E-state index is 0.790. The van der Waals surface area contributed by atoms with Gasteiger partial charge in [0.05, 0.1) is 0 Å². The molecule has 1 heterocycles. The third-order valence-corrected chi connectivity index (χ3v) is 3.59. The molecular weight excluding hydrogens is 206 g/mol. The Morgan fingerprint density at radius 1 is 1.18 bits per heavy atom. The fourth-order valence-corrected chi connectivity index (χ4v) is 2.67. The predicted octanol–water partition coefficient (Wildman–Crippen LogP) is 4.21. The van der Waals surface area contributed by atoms with Crippen LogP contribution >= 0.6 is 0 Å². The zero-order chi connectivity index (χ0) is 12.1. The van der Waals surface area contributed by atoms with Crippen molar-refractivity contribution in [1.82, 2.24) is 4.90 Å². The second kappa shape index (κ2) is 5.90. The van der Waals surface area contributed by atoms with E-state index in [-0.39, 0.29) is 0 Å². The smallest absolute Gasteiger partial charge is 0.0424 e. The maximum absolute atomic E-state index is 2.48. The molecule has 1 aliphatic rings. The summed E-state index contributed by atoms with van der Waals surface area (Å²) >= 11 is 0. The highest BCUT2D eigenvalue weighted by atomic mass is 15.1. The normalized spacial score (nSPS) is 19.5. The van der Waals surface area contributed by atoms with E-state index in [1.165, 1.54) is 31.4 Å². The van der Waals surface area contributed by atoms with Crippen LogP contribution in [0, 0.1) is 5.92 Å². The van der Waals surface area contributed by atoms with Crippen molar-refractivity contribution in [3.8, 4) is 0 Å². The van der Waals surface area contributed by atoms with Crippen LogP contribution in [-0.4, -0.2) is 11.4 Å². The van der Waals surface area contributed by atoms with Gasteiger partial charge < -0.3 is 4.90 Å². The minimum absolute atomic E-state index is 0.790. The highest BCUT2D eigenvalue weighted by Crippen LogP contribution is 2.28. The Morgan fingerprint density at radius 2 is 1.94 bits per heavy atom. The summed E-state index contributed by atoms with van der Waals surface area (Å²) in [6.45, 7) is 6.85. The Kier molecular flexibility index (Phi) is 4.24. The molecule has 2 rings (SSSR count). The van der Waals surface area contributed by atoms with Gasteiger partial charge in [0.25, 0.3) is 0 Å². The first-order chi connectivity index (χ1) is 8.33. The van der Waals surface area contributed by atoms with E-state index in [1.54, 1.807) is 5.57 Å². The van der Waals surface area contributed by atoms with Gasteiger partial charge in [-0.05, 0) is 36.1 Å². The van der Waals surface area contributed by atoms with E-state index >= 15 is 0 Å². The number of hydrogen-bond acceptors (Lipinski definition) is 1. The van der Waals surface area contributed by atoms with E-state index in [1.807, 2.05) is 0 Å². The Morgan fingerprint density at radius 3 is 2.59 bits per heavy atom. The van der Waals surface area contributed by atoms with E-state index in [9.17, 15) is 0 Å². The SMILES string of the molecule is CCCC1=CN(Cc2ccccc2)CC1CC. The highest BCUT2D eigenvalue weighted by molar-refractivity contribution is 5.18. The van der Waals surface area contributed by atoms with Crippen molar-refractivity contribution >= 4 is 0 Å². The quantitative estimate of drug-likeness (QED) is 0.731. The van der Waals surface area contributed by atoms with Gasteiger partial charge in [-0.2, -0.15) is 0 Å². The summed E-state index contributed by atoms with van der Waals surface area (Å²) in [5.74, 6) is 0.790. The largest absolute Gasteiger partial charge is 0.373 e. The first kappa shape index (κ1) is 12.2. The first-order valence-electron chi connectivity index (χ1n) is 6.82. The molecule has 0 amide bonds. The Hall–Kier alpha value is -1.24. The van der Waals surface area contributed by atoms with Gasteiger partial charge >= 0.3 is 0 Å². The van der Waals surface area contributed by atoms with Gasteiger partial charge in [-0.1, -0.05) is 50.6 Å². The number of nitrogens with zero attached hydrogens (tertiary/aromatic N) is 1. The molecule has 1 aromatic rings. The zero-order valence-corrected chi connectivity index (χ0v) is 11.0. The van der Waals surface area contributed by atoms with Gasteiger partial charge in [-0.3, -0.25) is 0 Å². The van der Waals surface area contributed by atoms with Gasteiger partial charge in [0.15, 0.2) is 0 Å². The Labute approximate surface area is 105 Å². The molecule has 17 heavy (non-hydrogen) atoms. The monoisotopic (exact) mass is 229 g/mol. The standard InChI is InChI=1S/C16H23N/c1-3-8-16-13-17(12-15(16)4-2)11-14-9-6-5-7-10-14/h5-7,9-10,13,15H,3-4,8,11-12H2,1-2H3. The molecule has 1 atom stereocenters. The van der Waals surface area contributed by atoms with Crippen molar-refractivity contribution in [3.05, 3.63) is 47.7 Å². The maximum Gasteiger partial charge on any atom is 0.0424 e. The van der Waals surface area contributed by atoms with Gasteiger partial charge in [0, 0.05) is 13.1 Å². The van der Waals surface area contributed by atoms with E-state index in [2.05, 4.69) is 55.3 Å². The van der Waals surface area contributed by atoms with Crippen LogP contribution < -0.4 is 0 Å². The summed E-state index contributed by atoms with van der Waals surface area (Å²) in [4.78, 5) is 2.48. The Bertz CT molecular complexity index is 366. The van der Waals surface area contributed by atoms with Crippen molar-refractivity contribution in [1.29, 1.82) is 0 Å². The first-order valence-corrected chi connectivity index (χ1v) is 6.82. The molecule has 0 bridgehead atoms. The van der Waals surface area contributed by atoms with Crippen LogP contribution in [0.25, 0.3) is 0 Å². The minimum Gasteiger partial charge on any atom is -0.373 e. The summed E-state index contributed by atoms with van der Waals surface area (Å²) in [5, 5.41) is 0. The van der Waals surface area contributed by atoms with Gasteiger partial charge in [0.1, 0.15) is 0 Å². The number of rotatable bonds is 5. The van der Waals surface area contributed by atoms with Crippen LogP contribution in [0.2, 0.25) is 0 Å². The average Bonchev–Trinajstić information content (AvgIpc) is 2.73. The lowest BCUT2D eigenvalue weighted by atomic mass is 9.96. The molecule has 1 heteroatoms. The van der Waals surface area contributed by atoms with Crippen molar-refractivity contribution < 1.29 is 0 Å². The molecule has 0 saturated carbocycles. The second-order valence-corrected chi connectivity index (χ2v) is 4.97. The lowest BCUT2D eigenvalue weighted by Crippen LogP contribution is -2.17. The predicted molar refractivity (Wildman–Crippen MR) is 73.6 cm³/mol. The molecule has 0 aromatic heterocycles. The van der Waals surface area contributed by atoms with Crippen molar-refractivity contribution in [2.24, 2.45) is 5.92 Å². The zero-order valence-electron chi connectivity index (χ0n) is 11.0. The molecule has 0 saturated heterocycles. The lowest BCUT2D eigenvalue weighted by molar-refractivity contribution is 0.355. The summed E-state index contributed by atoms with van der Waals surface area (Å²) in [6, 6.07) is 10.8. The van der Waals surface area contributed by atoms with E-state index < -0.39 is 0 Å². The highest BCUT2D eigenvalue weighted by Gasteiger charge is 2.21. The van der Waals surface area contributed by atoms with E-state index in [0.717, 1.165) is 12.5 Å². The van der Waals surface area contributed by atoms with E-state index in [0.29, 0.717) is 0 Å². The van der Waals surface area contributed by atoms with Crippen LogP contribution in [0.1, 0.15) is 38.7 Å².